The zero-order valence-corrected chi connectivity index (χ0v) is 11.9. The Morgan fingerprint density at radius 2 is 2.22 bits per heavy atom. The molecule has 5 nitrogen and oxygen atoms in total. The van der Waals surface area contributed by atoms with Crippen LogP contribution in [-0.4, -0.2) is 22.1 Å². The molecule has 18 heavy (non-hydrogen) atoms. The highest BCUT2D eigenvalue weighted by Gasteiger charge is 2.14. The third-order valence-corrected chi connectivity index (χ3v) is 3.37. The minimum atomic E-state index is 0.324. The Hall–Kier alpha value is -1.24. The topological polar surface area (TPSA) is 73.9 Å². The van der Waals surface area contributed by atoms with Crippen molar-refractivity contribution in [3.8, 4) is 11.5 Å². The first-order valence-electron chi connectivity index (χ1n) is 5.05. The summed E-state index contributed by atoms with van der Waals surface area (Å²) in [4.78, 5) is 12.7. The van der Waals surface area contributed by atoms with Crippen molar-refractivity contribution in [2.45, 2.75) is 6.61 Å². The lowest BCUT2D eigenvalue weighted by atomic mass is 10.3. The molecule has 2 rings (SSSR count). The molecule has 0 amide bonds. The van der Waals surface area contributed by atoms with Crippen LogP contribution in [0.3, 0.4) is 0 Å². The molecule has 0 radical (unpaired) electrons. The molecule has 7 heteroatoms. The summed E-state index contributed by atoms with van der Waals surface area (Å²) in [6, 6.07) is 3.46. The van der Waals surface area contributed by atoms with Crippen LogP contribution in [-0.2, 0) is 11.3 Å². The number of rotatable bonds is 3. The summed E-state index contributed by atoms with van der Waals surface area (Å²) in [5, 5.41) is 0.475. The van der Waals surface area contributed by atoms with E-state index in [1.165, 1.54) is 0 Å². The van der Waals surface area contributed by atoms with E-state index in [2.05, 4.69) is 30.9 Å². The van der Waals surface area contributed by atoms with Crippen LogP contribution in [0.15, 0.2) is 22.8 Å². The van der Waals surface area contributed by atoms with E-state index in [4.69, 9.17) is 22.1 Å². The van der Waals surface area contributed by atoms with Gasteiger partial charge in [-0.25, -0.2) is 9.97 Å². The number of ether oxygens (including phenoxy) is 1. The number of nitrogens with zero attached hydrogens (tertiary/aromatic N) is 3. The van der Waals surface area contributed by atoms with Crippen molar-refractivity contribution >= 4 is 33.3 Å². The molecule has 0 aliphatic carbocycles. The van der Waals surface area contributed by atoms with Crippen LogP contribution >= 0.6 is 27.5 Å². The van der Waals surface area contributed by atoms with Crippen molar-refractivity contribution < 1.29 is 4.74 Å². The molecule has 0 aliphatic heterocycles. The lowest BCUT2D eigenvalue weighted by molar-refractivity contribution is 0.181. The van der Waals surface area contributed by atoms with E-state index < -0.39 is 0 Å². The smallest absolute Gasteiger partial charge is 0.182 e. The molecule has 2 heterocycles. The molecular weight excluding hydrogens is 320 g/mol. The van der Waals surface area contributed by atoms with Crippen molar-refractivity contribution in [2.75, 3.05) is 12.8 Å². The van der Waals surface area contributed by atoms with Crippen LogP contribution in [0.4, 0.5) is 5.82 Å². The number of anilines is 1. The molecule has 0 fully saturated rings. The molecule has 0 spiro atoms. The Morgan fingerprint density at radius 3 is 2.89 bits per heavy atom. The standard InChI is InChI=1S/C11H10BrClN4O/c1-18-5-7-8(12)10(14)17-11(16-7)9-6(13)3-2-4-15-9/h2-4H,5H2,1H3,(H2,14,16,17). The van der Waals surface area contributed by atoms with Crippen molar-refractivity contribution in [3.05, 3.63) is 33.5 Å². The zero-order chi connectivity index (χ0) is 13.1. The summed E-state index contributed by atoms with van der Waals surface area (Å²) in [5.74, 6) is 0.710. The highest BCUT2D eigenvalue weighted by molar-refractivity contribution is 9.10. The second kappa shape index (κ2) is 5.60. The maximum Gasteiger partial charge on any atom is 0.182 e. The van der Waals surface area contributed by atoms with E-state index in [0.717, 1.165) is 0 Å². The van der Waals surface area contributed by atoms with Gasteiger partial charge in [0.25, 0.3) is 0 Å². The molecule has 0 saturated heterocycles. The molecule has 0 atom stereocenters. The van der Waals surface area contributed by atoms with Gasteiger partial charge in [-0.15, -0.1) is 0 Å². The number of pyridine rings is 1. The average molecular weight is 330 g/mol. The number of nitrogen functional groups attached to an aromatic ring is 1. The van der Waals surface area contributed by atoms with Gasteiger partial charge in [0, 0.05) is 13.3 Å². The Kier molecular flexibility index (Phi) is 4.11. The summed E-state index contributed by atoms with van der Waals surface area (Å²) in [6.07, 6.45) is 1.62. The number of nitrogens with two attached hydrogens (primary N) is 1. The number of hydrogen-bond donors (Lipinski definition) is 1. The third kappa shape index (κ3) is 2.60. The monoisotopic (exact) mass is 328 g/mol. The van der Waals surface area contributed by atoms with Crippen molar-refractivity contribution in [3.63, 3.8) is 0 Å². The minimum Gasteiger partial charge on any atom is -0.383 e. The fourth-order valence-corrected chi connectivity index (χ4v) is 1.90. The molecule has 0 unspecified atom stereocenters. The number of halogens is 2. The Balaban J connectivity index is 2.56. The molecule has 2 aromatic rings. The Labute approximate surface area is 118 Å². The van der Waals surface area contributed by atoms with Gasteiger partial charge in [0.05, 0.1) is 21.8 Å². The maximum absolute atomic E-state index is 6.05. The van der Waals surface area contributed by atoms with Gasteiger partial charge in [0.1, 0.15) is 11.5 Å². The highest BCUT2D eigenvalue weighted by atomic mass is 79.9. The predicted octanol–water partition coefficient (Wildman–Crippen LogP) is 2.68. The quantitative estimate of drug-likeness (QED) is 0.937. The lowest BCUT2D eigenvalue weighted by Gasteiger charge is -2.08. The number of hydrogen-bond acceptors (Lipinski definition) is 5. The molecule has 0 aromatic carbocycles. The first kappa shape index (κ1) is 13.2. The molecule has 0 bridgehead atoms. The lowest BCUT2D eigenvalue weighted by Crippen LogP contribution is -2.04. The van der Waals surface area contributed by atoms with E-state index in [0.29, 0.717) is 39.1 Å². The van der Waals surface area contributed by atoms with Gasteiger partial charge in [-0.2, -0.15) is 0 Å². The van der Waals surface area contributed by atoms with Gasteiger partial charge < -0.3 is 10.5 Å². The molecular formula is C11H10BrClN4O. The van der Waals surface area contributed by atoms with E-state index >= 15 is 0 Å². The van der Waals surface area contributed by atoms with E-state index in [9.17, 15) is 0 Å². The van der Waals surface area contributed by atoms with Gasteiger partial charge in [-0.1, -0.05) is 11.6 Å². The van der Waals surface area contributed by atoms with Crippen molar-refractivity contribution in [2.24, 2.45) is 0 Å². The molecule has 0 saturated carbocycles. The fraction of sp³-hybridized carbons (Fsp3) is 0.182. The third-order valence-electron chi connectivity index (χ3n) is 2.20. The van der Waals surface area contributed by atoms with Gasteiger partial charge in [0.15, 0.2) is 5.82 Å². The van der Waals surface area contributed by atoms with Crippen LogP contribution in [0.2, 0.25) is 5.02 Å². The Bertz CT molecular complexity index is 579. The number of aromatic nitrogens is 3. The van der Waals surface area contributed by atoms with Crippen LogP contribution in [0, 0.1) is 0 Å². The first-order valence-corrected chi connectivity index (χ1v) is 6.22. The van der Waals surface area contributed by atoms with Gasteiger partial charge >= 0.3 is 0 Å². The first-order chi connectivity index (χ1) is 8.63. The van der Waals surface area contributed by atoms with Crippen molar-refractivity contribution in [1.29, 1.82) is 0 Å². The van der Waals surface area contributed by atoms with E-state index in [1.54, 1.807) is 25.4 Å². The minimum absolute atomic E-state index is 0.324. The highest BCUT2D eigenvalue weighted by Crippen LogP contribution is 2.27. The summed E-state index contributed by atoms with van der Waals surface area (Å²) < 4.78 is 5.68. The molecule has 2 aromatic heterocycles. The van der Waals surface area contributed by atoms with E-state index in [-0.39, 0.29) is 0 Å². The Morgan fingerprint density at radius 1 is 1.44 bits per heavy atom. The summed E-state index contributed by atoms with van der Waals surface area (Å²) >= 11 is 9.38. The van der Waals surface area contributed by atoms with Gasteiger partial charge in [-0.3, -0.25) is 4.98 Å². The molecule has 0 aliphatic rings. The molecule has 2 N–H and O–H groups in total. The normalized spacial score (nSPS) is 10.6. The zero-order valence-electron chi connectivity index (χ0n) is 9.52. The van der Waals surface area contributed by atoms with Crippen LogP contribution < -0.4 is 5.73 Å². The SMILES string of the molecule is COCc1nc(-c2ncccc2Cl)nc(N)c1Br. The average Bonchev–Trinajstić information content (AvgIpc) is 2.35. The maximum atomic E-state index is 6.05. The summed E-state index contributed by atoms with van der Waals surface area (Å²) in [7, 11) is 1.58. The predicted molar refractivity (Wildman–Crippen MR) is 73.1 cm³/mol. The van der Waals surface area contributed by atoms with Gasteiger partial charge in [0.2, 0.25) is 0 Å². The summed E-state index contributed by atoms with van der Waals surface area (Å²) in [5.41, 5.74) is 6.97. The number of methoxy groups -OCH3 is 1. The largest absolute Gasteiger partial charge is 0.383 e. The van der Waals surface area contributed by atoms with Crippen LogP contribution in [0.25, 0.3) is 11.5 Å². The summed E-state index contributed by atoms with van der Waals surface area (Å²) in [6.45, 7) is 0.324. The second-order valence-electron chi connectivity index (χ2n) is 3.46. The van der Waals surface area contributed by atoms with Crippen LogP contribution in [0.1, 0.15) is 5.69 Å². The van der Waals surface area contributed by atoms with Crippen LogP contribution in [0.5, 0.6) is 0 Å². The van der Waals surface area contributed by atoms with E-state index in [1.807, 2.05) is 0 Å². The van der Waals surface area contributed by atoms with Crippen molar-refractivity contribution in [1.82, 2.24) is 15.0 Å². The molecule has 94 valence electrons. The fourth-order valence-electron chi connectivity index (χ4n) is 1.40. The van der Waals surface area contributed by atoms with Gasteiger partial charge in [-0.05, 0) is 28.1 Å². The second-order valence-corrected chi connectivity index (χ2v) is 4.66.